The van der Waals surface area contributed by atoms with E-state index < -0.39 is 9.76 Å². The number of carbonyl (C=O) groups excluding carboxylic acids is 1. The lowest BCUT2D eigenvalue weighted by atomic mass is 10.3. The summed E-state index contributed by atoms with van der Waals surface area (Å²) in [6.45, 7) is 4.35. The van der Waals surface area contributed by atoms with Gasteiger partial charge in [-0.2, -0.15) is 0 Å². The normalized spacial score (nSPS) is 12.4. The number of hydrogen-bond donors (Lipinski definition) is 0. The van der Waals surface area contributed by atoms with Crippen molar-refractivity contribution in [3.63, 3.8) is 0 Å². The van der Waals surface area contributed by atoms with Gasteiger partial charge in [-0.05, 0) is 13.3 Å². The average molecular weight is 202 g/mol. The summed E-state index contributed by atoms with van der Waals surface area (Å²) in [6.07, 6.45) is 1.98. The predicted molar refractivity (Wildman–Crippen MR) is 55.2 cm³/mol. The fourth-order valence-electron chi connectivity index (χ4n) is 0.715. The van der Waals surface area contributed by atoms with Gasteiger partial charge in [0, 0.05) is 12.7 Å². The van der Waals surface area contributed by atoms with Crippen LogP contribution in [0.25, 0.3) is 0 Å². The lowest BCUT2D eigenvalue weighted by Crippen LogP contribution is -2.08. The van der Waals surface area contributed by atoms with Gasteiger partial charge < -0.3 is 9.16 Å². The van der Waals surface area contributed by atoms with Crippen LogP contribution >= 0.6 is 0 Å². The molecule has 76 valence electrons. The topological polar surface area (TPSA) is 35.5 Å². The first-order valence-corrected chi connectivity index (χ1v) is 5.94. The van der Waals surface area contributed by atoms with Crippen molar-refractivity contribution in [3.05, 3.63) is 11.3 Å². The second kappa shape index (κ2) is 8.01. The Labute approximate surface area is 82.1 Å². The van der Waals surface area contributed by atoms with E-state index in [-0.39, 0.29) is 5.97 Å². The molecular formula is C9H18O3Si. The maximum absolute atomic E-state index is 11.2. The van der Waals surface area contributed by atoms with Crippen molar-refractivity contribution >= 4 is 15.7 Å². The van der Waals surface area contributed by atoms with Crippen LogP contribution in [0.3, 0.4) is 0 Å². The average Bonchev–Trinajstić information content (AvgIpc) is 2.14. The van der Waals surface area contributed by atoms with E-state index in [0.29, 0.717) is 12.2 Å². The number of unbranched alkanes of at least 4 members (excludes halogenated alkanes) is 1. The van der Waals surface area contributed by atoms with Gasteiger partial charge >= 0.3 is 5.97 Å². The molecule has 0 unspecified atom stereocenters. The maximum Gasteiger partial charge on any atom is 0.333 e. The monoisotopic (exact) mass is 202 g/mol. The van der Waals surface area contributed by atoms with Crippen molar-refractivity contribution < 1.29 is 14.0 Å². The Bertz CT molecular complexity index is 178. The molecule has 0 aliphatic carbocycles. The Morgan fingerprint density at radius 1 is 1.54 bits per heavy atom. The molecule has 0 aromatic heterocycles. The van der Waals surface area contributed by atoms with Gasteiger partial charge in [0.2, 0.25) is 0 Å². The fourth-order valence-corrected chi connectivity index (χ4v) is 1.30. The summed E-state index contributed by atoms with van der Waals surface area (Å²) in [7, 11) is 0.991. The van der Waals surface area contributed by atoms with Crippen LogP contribution in [0.15, 0.2) is 11.3 Å². The molecule has 0 aromatic carbocycles. The molecule has 0 saturated heterocycles. The van der Waals surface area contributed by atoms with Gasteiger partial charge in [-0.15, -0.1) is 0 Å². The summed E-state index contributed by atoms with van der Waals surface area (Å²) >= 11 is 0. The molecule has 0 spiro atoms. The van der Waals surface area contributed by atoms with Crippen LogP contribution in [0, 0.1) is 0 Å². The molecule has 0 N–H and O–H groups in total. The van der Waals surface area contributed by atoms with Gasteiger partial charge in [-0.1, -0.05) is 19.0 Å². The molecule has 0 bridgehead atoms. The van der Waals surface area contributed by atoms with Crippen molar-refractivity contribution in [3.8, 4) is 0 Å². The highest BCUT2D eigenvalue weighted by atomic mass is 28.2. The van der Waals surface area contributed by atoms with E-state index in [9.17, 15) is 4.79 Å². The van der Waals surface area contributed by atoms with Crippen LogP contribution in [0.1, 0.15) is 26.7 Å². The molecule has 0 heterocycles. The van der Waals surface area contributed by atoms with E-state index in [2.05, 4.69) is 6.92 Å². The molecule has 0 atom stereocenters. The Hall–Kier alpha value is -0.613. The van der Waals surface area contributed by atoms with E-state index in [4.69, 9.17) is 9.16 Å². The van der Waals surface area contributed by atoms with Crippen LogP contribution in [0.2, 0.25) is 0 Å². The number of carbonyl (C=O) groups is 1. The molecule has 0 aromatic rings. The summed E-state index contributed by atoms with van der Waals surface area (Å²) in [5, 5.41) is 0. The standard InChI is InChI=1S/C9H18O3Si/c1-4-5-6-12-9(10)8(2)7-13-11-3/h7H,4-6,13H2,1-3H3. The molecular weight excluding hydrogens is 184 g/mol. The summed E-state index contributed by atoms with van der Waals surface area (Å²) in [4.78, 5) is 11.2. The van der Waals surface area contributed by atoms with Crippen LogP contribution < -0.4 is 0 Å². The Morgan fingerprint density at radius 3 is 2.77 bits per heavy atom. The molecule has 0 aliphatic rings. The van der Waals surface area contributed by atoms with Gasteiger partial charge in [0.1, 0.15) is 0 Å². The Kier molecular flexibility index (Phi) is 7.63. The third-order valence-electron chi connectivity index (χ3n) is 1.61. The molecule has 0 rings (SSSR count). The van der Waals surface area contributed by atoms with Crippen LogP contribution in [-0.4, -0.2) is 29.4 Å². The van der Waals surface area contributed by atoms with Gasteiger partial charge in [0.25, 0.3) is 0 Å². The molecule has 0 fully saturated rings. The predicted octanol–water partition coefficient (Wildman–Crippen LogP) is 0.964. The first-order valence-electron chi connectivity index (χ1n) is 4.55. The van der Waals surface area contributed by atoms with Crippen molar-refractivity contribution in [2.45, 2.75) is 26.7 Å². The Morgan fingerprint density at radius 2 is 2.23 bits per heavy atom. The number of ether oxygens (including phenoxy) is 1. The van der Waals surface area contributed by atoms with E-state index in [1.165, 1.54) is 0 Å². The third-order valence-corrected chi connectivity index (χ3v) is 2.72. The zero-order chi connectivity index (χ0) is 10.1. The second-order valence-electron chi connectivity index (χ2n) is 2.83. The smallest absolute Gasteiger partial charge is 0.333 e. The molecule has 0 aliphatic heterocycles. The minimum absolute atomic E-state index is 0.210. The molecule has 3 nitrogen and oxygen atoms in total. The van der Waals surface area contributed by atoms with Crippen molar-refractivity contribution in [2.75, 3.05) is 13.7 Å². The minimum Gasteiger partial charge on any atom is -0.462 e. The minimum atomic E-state index is -0.660. The summed E-state index contributed by atoms with van der Waals surface area (Å²) in [5.41, 5.74) is 2.53. The SMILES string of the molecule is CCCCOC(=O)C(C)=C[SiH2]OC. The first kappa shape index (κ1) is 12.4. The molecule has 0 radical (unpaired) electrons. The number of esters is 1. The number of rotatable bonds is 6. The van der Waals surface area contributed by atoms with Gasteiger partial charge in [-0.25, -0.2) is 4.79 Å². The largest absolute Gasteiger partial charge is 0.462 e. The quantitative estimate of drug-likeness (QED) is 0.278. The van der Waals surface area contributed by atoms with Gasteiger partial charge in [0.05, 0.1) is 6.61 Å². The fraction of sp³-hybridized carbons (Fsp3) is 0.667. The molecule has 13 heavy (non-hydrogen) atoms. The van der Waals surface area contributed by atoms with E-state index >= 15 is 0 Å². The van der Waals surface area contributed by atoms with Crippen molar-refractivity contribution in [1.29, 1.82) is 0 Å². The maximum atomic E-state index is 11.2. The zero-order valence-corrected chi connectivity index (χ0v) is 10.0. The highest BCUT2D eigenvalue weighted by Gasteiger charge is 2.03. The van der Waals surface area contributed by atoms with E-state index in [1.807, 2.05) is 5.70 Å². The summed E-state index contributed by atoms with van der Waals surface area (Å²) in [6, 6.07) is 0. The van der Waals surface area contributed by atoms with Gasteiger partial charge in [0.15, 0.2) is 9.76 Å². The summed E-state index contributed by atoms with van der Waals surface area (Å²) < 4.78 is 9.94. The lowest BCUT2D eigenvalue weighted by molar-refractivity contribution is -0.139. The van der Waals surface area contributed by atoms with Crippen LogP contribution in [0.4, 0.5) is 0 Å². The third kappa shape index (κ3) is 6.54. The molecule has 0 amide bonds. The molecule has 0 saturated carbocycles. The van der Waals surface area contributed by atoms with Gasteiger partial charge in [-0.3, -0.25) is 0 Å². The molecule has 4 heteroatoms. The highest BCUT2D eigenvalue weighted by molar-refractivity contribution is 6.35. The second-order valence-corrected chi connectivity index (χ2v) is 4.15. The Balaban J connectivity index is 3.69. The summed E-state index contributed by atoms with van der Waals surface area (Å²) in [5.74, 6) is -0.210. The van der Waals surface area contributed by atoms with E-state index in [1.54, 1.807) is 14.0 Å². The van der Waals surface area contributed by atoms with Crippen molar-refractivity contribution in [2.24, 2.45) is 0 Å². The first-order chi connectivity index (χ1) is 6.22. The number of hydrogen-bond acceptors (Lipinski definition) is 3. The highest BCUT2D eigenvalue weighted by Crippen LogP contribution is 1.97. The van der Waals surface area contributed by atoms with Crippen LogP contribution in [0.5, 0.6) is 0 Å². The zero-order valence-electron chi connectivity index (χ0n) is 8.63. The van der Waals surface area contributed by atoms with Crippen LogP contribution in [-0.2, 0) is 14.0 Å². The van der Waals surface area contributed by atoms with E-state index in [0.717, 1.165) is 12.8 Å². The van der Waals surface area contributed by atoms with Crippen molar-refractivity contribution in [1.82, 2.24) is 0 Å². The lowest BCUT2D eigenvalue weighted by Gasteiger charge is -2.03.